The zero-order chi connectivity index (χ0) is 24.5. The first kappa shape index (κ1) is 22.8. The van der Waals surface area contributed by atoms with Crippen molar-refractivity contribution in [1.29, 1.82) is 0 Å². The van der Waals surface area contributed by atoms with Gasteiger partial charge in [0.05, 0.1) is 10.4 Å². The molecule has 4 aromatic carbocycles. The van der Waals surface area contributed by atoms with Gasteiger partial charge in [0.15, 0.2) is 5.03 Å². The van der Waals surface area contributed by atoms with E-state index >= 15 is 0 Å². The predicted molar refractivity (Wildman–Crippen MR) is 141 cm³/mol. The minimum atomic E-state index is -3.82. The molecule has 182 valence electrons. The highest BCUT2D eigenvalue weighted by molar-refractivity contribution is 7.91. The summed E-state index contributed by atoms with van der Waals surface area (Å²) in [4.78, 5) is 2.68. The Morgan fingerprint density at radius 1 is 0.917 bits per heavy atom. The number of aromatic nitrogens is 2. The van der Waals surface area contributed by atoms with Gasteiger partial charge in [-0.25, -0.2) is 8.42 Å². The molecule has 36 heavy (non-hydrogen) atoms. The van der Waals surface area contributed by atoms with Crippen LogP contribution in [-0.4, -0.2) is 42.7 Å². The monoisotopic (exact) mass is 497 g/mol. The Labute approximate surface area is 210 Å². The quantitative estimate of drug-likeness (QED) is 0.331. The third-order valence-corrected chi connectivity index (χ3v) is 8.60. The molecule has 6 rings (SSSR count). The molecule has 6 nitrogen and oxygen atoms in total. The molecule has 1 fully saturated rings. The van der Waals surface area contributed by atoms with Crippen LogP contribution in [0, 0.1) is 0 Å². The predicted octanol–water partition coefficient (Wildman–Crippen LogP) is 5.59. The number of likely N-dealkylation sites (tertiary alicyclic amines) is 1. The number of rotatable bonds is 6. The first-order valence-corrected chi connectivity index (χ1v) is 13.7. The SMILES string of the molecule is O=S(=O)(c1cccc2ccccc12)c1[nH]nc2ccc(OC3CCCN(Cc4ccccc4)C3)cc12. The van der Waals surface area contributed by atoms with E-state index in [2.05, 4.69) is 39.4 Å². The lowest BCUT2D eigenvalue weighted by molar-refractivity contribution is 0.0844. The Morgan fingerprint density at radius 2 is 1.72 bits per heavy atom. The van der Waals surface area contributed by atoms with E-state index in [0.29, 0.717) is 22.0 Å². The smallest absolute Gasteiger partial charge is 0.224 e. The van der Waals surface area contributed by atoms with Crippen LogP contribution in [0.1, 0.15) is 18.4 Å². The molecule has 5 aromatic rings. The molecular formula is C29H27N3O3S. The molecule has 1 aromatic heterocycles. The summed E-state index contributed by atoms with van der Waals surface area (Å²) in [6.07, 6.45) is 2.08. The Morgan fingerprint density at radius 3 is 2.61 bits per heavy atom. The number of H-pyrrole nitrogens is 1. The first-order valence-electron chi connectivity index (χ1n) is 12.2. The minimum Gasteiger partial charge on any atom is -0.489 e. The highest BCUT2D eigenvalue weighted by atomic mass is 32.2. The number of hydrogen-bond acceptors (Lipinski definition) is 5. The van der Waals surface area contributed by atoms with Crippen molar-refractivity contribution in [3.8, 4) is 5.75 Å². The van der Waals surface area contributed by atoms with Gasteiger partial charge in [-0.3, -0.25) is 10.00 Å². The number of benzene rings is 4. The molecule has 1 aliphatic heterocycles. The van der Waals surface area contributed by atoms with Gasteiger partial charge in [0.25, 0.3) is 0 Å². The standard InChI is InChI=1S/C29H27N3O3S/c33-36(34,28-14-6-11-22-10-4-5-13-25(22)28)29-26-18-23(15-16-27(26)30-31-29)35-24-12-7-17-32(20-24)19-21-8-2-1-3-9-21/h1-6,8-11,13-16,18,24H,7,12,17,19-20H2,(H,30,31). The fourth-order valence-corrected chi connectivity index (χ4v) is 6.64. The van der Waals surface area contributed by atoms with Crippen molar-refractivity contribution in [3.63, 3.8) is 0 Å². The van der Waals surface area contributed by atoms with Crippen molar-refractivity contribution in [3.05, 3.63) is 96.6 Å². The summed E-state index contributed by atoms with van der Waals surface area (Å²) in [5.41, 5.74) is 1.89. The molecule has 1 aliphatic rings. The molecular weight excluding hydrogens is 470 g/mol. The van der Waals surface area contributed by atoms with Gasteiger partial charge in [0, 0.05) is 23.9 Å². The molecule has 0 aliphatic carbocycles. The molecule has 0 amide bonds. The summed E-state index contributed by atoms with van der Waals surface area (Å²) in [6, 6.07) is 28.8. The van der Waals surface area contributed by atoms with Gasteiger partial charge in [-0.1, -0.05) is 66.7 Å². The largest absolute Gasteiger partial charge is 0.489 e. The van der Waals surface area contributed by atoms with Crippen LogP contribution in [0.2, 0.25) is 0 Å². The van der Waals surface area contributed by atoms with E-state index in [9.17, 15) is 8.42 Å². The number of nitrogens with one attached hydrogen (secondary N) is 1. The summed E-state index contributed by atoms with van der Waals surface area (Å²) >= 11 is 0. The Hall–Kier alpha value is -3.68. The molecule has 0 radical (unpaired) electrons. The van der Waals surface area contributed by atoms with Crippen LogP contribution in [0.15, 0.2) is 101 Å². The van der Waals surface area contributed by atoms with Gasteiger partial charge < -0.3 is 4.74 Å². The van der Waals surface area contributed by atoms with Crippen LogP contribution in [0.3, 0.4) is 0 Å². The summed E-state index contributed by atoms with van der Waals surface area (Å²) in [7, 11) is -3.82. The van der Waals surface area contributed by atoms with Gasteiger partial charge in [-0.15, -0.1) is 0 Å². The third-order valence-electron chi connectivity index (χ3n) is 6.81. The van der Waals surface area contributed by atoms with Gasteiger partial charge >= 0.3 is 0 Å². The first-order chi connectivity index (χ1) is 17.6. The molecule has 0 spiro atoms. The van der Waals surface area contributed by atoms with Gasteiger partial charge in [0.1, 0.15) is 11.9 Å². The molecule has 2 heterocycles. The molecule has 1 unspecified atom stereocenters. The van der Waals surface area contributed by atoms with Crippen molar-refractivity contribution in [1.82, 2.24) is 15.1 Å². The molecule has 1 N–H and O–H groups in total. The van der Waals surface area contributed by atoms with E-state index in [1.54, 1.807) is 18.2 Å². The van der Waals surface area contributed by atoms with Crippen LogP contribution in [-0.2, 0) is 16.4 Å². The fourth-order valence-electron chi connectivity index (χ4n) is 5.07. The fraction of sp³-hybridized carbons (Fsp3) is 0.207. The zero-order valence-corrected chi connectivity index (χ0v) is 20.6. The van der Waals surface area contributed by atoms with E-state index < -0.39 is 9.84 Å². The maximum absolute atomic E-state index is 13.7. The second-order valence-corrected chi connectivity index (χ2v) is 11.2. The van der Waals surface area contributed by atoms with Gasteiger partial charge in [-0.2, -0.15) is 5.10 Å². The highest BCUT2D eigenvalue weighted by Crippen LogP contribution is 2.33. The van der Waals surface area contributed by atoms with Gasteiger partial charge in [-0.05, 0) is 54.6 Å². The zero-order valence-electron chi connectivity index (χ0n) is 19.8. The molecule has 0 saturated carbocycles. The summed E-state index contributed by atoms with van der Waals surface area (Å²) in [5.74, 6) is 0.657. The lowest BCUT2D eigenvalue weighted by Gasteiger charge is -2.33. The number of aromatic amines is 1. The van der Waals surface area contributed by atoms with Crippen LogP contribution in [0.4, 0.5) is 0 Å². The van der Waals surface area contributed by atoms with E-state index in [0.717, 1.165) is 37.9 Å². The van der Waals surface area contributed by atoms with E-state index in [1.807, 2.05) is 48.5 Å². The van der Waals surface area contributed by atoms with Crippen LogP contribution < -0.4 is 4.74 Å². The lowest BCUT2D eigenvalue weighted by atomic mass is 10.1. The lowest BCUT2D eigenvalue weighted by Crippen LogP contribution is -2.40. The molecule has 7 heteroatoms. The van der Waals surface area contributed by atoms with E-state index in [4.69, 9.17) is 4.74 Å². The highest BCUT2D eigenvalue weighted by Gasteiger charge is 2.26. The maximum Gasteiger partial charge on any atom is 0.224 e. The van der Waals surface area contributed by atoms with Crippen molar-refractivity contribution < 1.29 is 13.2 Å². The van der Waals surface area contributed by atoms with E-state index in [1.165, 1.54) is 5.56 Å². The normalized spacial score (nSPS) is 16.9. The number of ether oxygens (including phenoxy) is 1. The molecule has 0 bridgehead atoms. The van der Waals surface area contributed by atoms with Crippen LogP contribution in [0.5, 0.6) is 5.75 Å². The summed E-state index contributed by atoms with van der Waals surface area (Å²) in [5, 5.41) is 9.25. The van der Waals surface area contributed by atoms with Crippen molar-refractivity contribution >= 4 is 31.5 Å². The molecule has 1 atom stereocenters. The Balaban J connectivity index is 1.27. The Bertz CT molecular complexity index is 1620. The number of piperidine rings is 1. The number of hydrogen-bond donors (Lipinski definition) is 1. The van der Waals surface area contributed by atoms with Crippen molar-refractivity contribution in [2.45, 2.75) is 35.4 Å². The average Bonchev–Trinajstić information content (AvgIpc) is 3.33. The third kappa shape index (κ3) is 4.36. The average molecular weight is 498 g/mol. The molecule has 1 saturated heterocycles. The topological polar surface area (TPSA) is 75.3 Å². The van der Waals surface area contributed by atoms with Crippen LogP contribution in [0.25, 0.3) is 21.7 Å². The summed E-state index contributed by atoms with van der Waals surface area (Å²) < 4.78 is 33.8. The van der Waals surface area contributed by atoms with E-state index in [-0.39, 0.29) is 16.0 Å². The second-order valence-electron chi connectivity index (χ2n) is 9.32. The summed E-state index contributed by atoms with van der Waals surface area (Å²) in [6.45, 7) is 2.78. The van der Waals surface area contributed by atoms with Gasteiger partial charge in [0.2, 0.25) is 9.84 Å². The maximum atomic E-state index is 13.7. The number of fused-ring (bicyclic) bond motifs is 2. The minimum absolute atomic E-state index is 0.0462. The van der Waals surface area contributed by atoms with Crippen LogP contribution >= 0.6 is 0 Å². The van der Waals surface area contributed by atoms with Crippen molar-refractivity contribution in [2.75, 3.05) is 13.1 Å². The van der Waals surface area contributed by atoms with Crippen molar-refractivity contribution in [2.24, 2.45) is 0 Å². The Kier molecular flexibility index (Phi) is 5.95. The second kappa shape index (κ2) is 9.41. The number of nitrogens with zero attached hydrogens (tertiary/aromatic N) is 2. The number of sulfone groups is 1.